The van der Waals surface area contributed by atoms with Crippen LogP contribution in [0.1, 0.15) is 29.7 Å². The predicted octanol–water partition coefficient (Wildman–Crippen LogP) is 1.77. The number of hydrogen-bond acceptors (Lipinski definition) is 5. The molecule has 1 aliphatic rings. The Labute approximate surface area is 118 Å². The van der Waals surface area contributed by atoms with E-state index in [1.165, 1.54) is 0 Å². The van der Waals surface area contributed by atoms with E-state index in [1.807, 2.05) is 37.7 Å². The molecule has 2 atom stereocenters. The lowest BCUT2D eigenvalue weighted by Crippen LogP contribution is -2.25. The fraction of sp³-hybridized carbons (Fsp3) is 0.500. The monoisotopic (exact) mass is 273 g/mol. The van der Waals surface area contributed by atoms with Gasteiger partial charge in [0.05, 0.1) is 11.7 Å². The molecule has 6 heteroatoms. The van der Waals surface area contributed by atoms with E-state index in [-0.39, 0.29) is 12.1 Å². The van der Waals surface area contributed by atoms with Gasteiger partial charge in [-0.3, -0.25) is 4.68 Å². The van der Waals surface area contributed by atoms with Gasteiger partial charge in [0.15, 0.2) is 0 Å². The zero-order valence-electron chi connectivity index (χ0n) is 12.0. The first-order valence-electron chi connectivity index (χ1n) is 6.82. The molecule has 1 aliphatic heterocycles. The summed E-state index contributed by atoms with van der Waals surface area (Å²) in [5.41, 5.74) is 2.05. The second-order valence-electron chi connectivity index (χ2n) is 5.15. The molecule has 3 rings (SSSR count). The third kappa shape index (κ3) is 2.51. The summed E-state index contributed by atoms with van der Waals surface area (Å²) in [5, 5.41) is 7.69. The van der Waals surface area contributed by atoms with Crippen LogP contribution in [0.4, 0.5) is 5.82 Å². The summed E-state index contributed by atoms with van der Waals surface area (Å²) < 4.78 is 7.72. The van der Waals surface area contributed by atoms with Gasteiger partial charge in [0.25, 0.3) is 0 Å². The molecule has 6 nitrogen and oxygen atoms in total. The van der Waals surface area contributed by atoms with Gasteiger partial charge in [0.2, 0.25) is 0 Å². The summed E-state index contributed by atoms with van der Waals surface area (Å²) in [6.45, 7) is 4.63. The second kappa shape index (κ2) is 5.20. The Morgan fingerprint density at radius 3 is 2.90 bits per heavy atom. The maximum absolute atomic E-state index is 5.86. The van der Waals surface area contributed by atoms with Crippen molar-refractivity contribution in [2.75, 3.05) is 11.9 Å². The first-order valence-corrected chi connectivity index (χ1v) is 6.82. The van der Waals surface area contributed by atoms with Crippen molar-refractivity contribution in [3.8, 4) is 0 Å². The molecule has 0 unspecified atom stereocenters. The molecule has 106 valence electrons. The molecule has 0 aliphatic carbocycles. The lowest BCUT2D eigenvalue weighted by atomic mass is 10.1. The topological polar surface area (TPSA) is 64.9 Å². The van der Waals surface area contributed by atoms with Crippen molar-refractivity contribution in [3.05, 3.63) is 35.5 Å². The minimum absolute atomic E-state index is 0.0121. The van der Waals surface area contributed by atoms with E-state index in [1.54, 1.807) is 6.20 Å². The summed E-state index contributed by atoms with van der Waals surface area (Å²) in [4.78, 5) is 8.73. The third-order valence-corrected chi connectivity index (χ3v) is 3.54. The molecule has 0 aromatic carbocycles. The molecule has 1 N–H and O–H groups in total. The molecule has 0 spiro atoms. The van der Waals surface area contributed by atoms with Gasteiger partial charge in [-0.05, 0) is 26.3 Å². The van der Waals surface area contributed by atoms with E-state index in [9.17, 15) is 0 Å². The van der Waals surface area contributed by atoms with Crippen LogP contribution in [0.3, 0.4) is 0 Å². The fourth-order valence-corrected chi connectivity index (χ4v) is 2.67. The van der Waals surface area contributed by atoms with E-state index in [0.29, 0.717) is 0 Å². The smallest absolute Gasteiger partial charge is 0.130 e. The van der Waals surface area contributed by atoms with Gasteiger partial charge in [-0.2, -0.15) is 5.10 Å². The molecule has 1 fully saturated rings. The molecule has 3 heterocycles. The van der Waals surface area contributed by atoms with Crippen LogP contribution in [0.5, 0.6) is 0 Å². The first-order chi connectivity index (χ1) is 9.63. The molecular formula is C14H19N5O. The highest BCUT2D eigenvalue weighted by Crippen LogP contribution is 2.30. The largest absolute Gasteiger partial charge is 0.370 e. The van der Waals surface area contributed by atoms with Crippen LogP contribution in [0, 0.1) is 13.8 Å². The molecular weight excluding hydrogens is 254 g/mol. The van der Waals surface area contributed by atoms with Gasteiger partial charge in [-0.25, -0.2) is 9.97 Å². The second-order valence-corrected chi connectivity index (χ2v) is 5.15. The van der Waals surface area contributed by atoms with Crippen molar-refractivity contribution in [2.24, 2.45) is 7.05 Å². The Morgan fingerprint density at radius 2 is 2.20 bits per heavy atom. The van der Waals surface area contributed by atoms with Crippen molar-refractivity contribution in [3.63, 3.8) is 0 Å². The van der Waals surface area contributed by atoms with Gasteiger partial charge in [0, 0.05) is 31.6 Å². The van der Waals surface area contributed by atoms with Crippen molar-refractivity contribution in [1.82, 2.24) is 19.7 Å². The number of anilines is 1. The summed E-state index contributed by atoms with van der Waals surface area (Å²) in [6, 6.07) is 4.17. The van der Waals surface area contributed by atoms with Crippen LogP contribution in [0.2, 0.25) is 0 Å². The van der Waals surface area contributed by atoms with Crippen molar-refractivity contribution >= 4 is 5.82 Å². The Hall–Kier alpha value is -1.95. The normalized spacial score (nSPS) is 22.1. The number of aryl methyl sites for hydroxylation is 3. The van der Waals surface area contributed by atoms with Gasteiger partial charge in [-0.15, -0.1) is 0 Å². The highest BCUT2D eigenvalue weighted by Gasteiger charge is 2.31. The molecule has 2 aromatic rings. The van der Waals surface area contributed by atoms with Crippen LogP contribution >= 0.6 is 0 Å². The van der Waals surface area contributed by atoms with Crippen LogP contribution < -0.4 is 5.32 Å². The number of aromatic nitrogens is 4. The molecule has 0 amide bonds. The minimum Gasteiger partial charge on any atom is -0.370 e. The number of nitrogens with one attached hydrogen (secondary N) is 1. The molecule has 0 saturated carbocycles. The van der Waals surface area contributed by atoms with Crippen LogP contribution in [0.15, 0.2) is 18.3 Å². The fourth-order valence-electron chi connectivity index (χ4n) is 2.67. The number of ether oxygens (including phenoxy) is 1. The quantitative estimate of drug-likeness (QED) is 0.923. The van der Waals surface area contributed by atoms with Gasteiger partial charge in [0.1, 0.15) is 17.7 Å². The number of hydrogen-bond donors (Lipinski definition) is 1. The Balaban J connectivity index is 1.81. The molecule has 1 saturated heterocycles. The van der Waals surface area contributed by atoms with Gasteiger partial charge < -0.3 is 10.1 Å². The maximum atomic E-state index is 5.86. The maximum Gasteiger partial charge on any atom is 0.130 e. The first kappa shape index (κ1) is 13.1. The lowest BCUT2D eigenvalue weighted by Gasteiger charge is -2.20. The van der Waals surface area contributed by atoms with E-state index in [4.69, 9.17) is 4.74 Å². The Bertz CT molecular complexity index is 589. The van der Waals surface area contributed by atoms with E-state index in [2.05, 4.69) is 20.4 Å². The standard InChI is InChI=1S/C14H19N5O/c1-9-8-13(17-10(2)16-9)18-11-5-7-20-14(11)12-4-6-15-19(12)3/h4,6,8,11,14H,5,7H2,1-3H3,(H,16,17,18)/t11-,14-/m0/s1. The summed E-state index contributed by atoms with van der Waals surface area (Å²) in [6.07, 6.45) is 2.77. The molecule has 0 radical (unpaired) electrons. The highest BCUT2D eigenvalue weighted by atomic mass is 16.5. The van der Waals surface area contributed by atoms with E-state index < -0.39 is 0 Å². The zero-order chi connectivity index (χ0) is 14.1. The van der Waals surface area contributed by atoms with Crippen molar-refractivity contribution in [2.45, 2.75) is 32.4 Å². The van der Waals surface area contributed by atoms with Gasteiger partial charge >= 0.3 is 0 Å². The molecule has 0 bridgehead atoms. The van der Waals surface area contributed by atoms with E-state index >= 15 is 0 Å². The Morgan fingerprint density at radius 1 is 1.35 bits per heavy atom. The molecule has 2 aromatic heterocycles. The van der Waals surface area contributed by atoms with Gasteiger partial charge in [-0.1, -0.05) is 0 Å². The summed E-state index contributed by atoms with van der Waals surface area (Å²) in [7, 11) is 1.94. The summed E-state index contributed by atoms with van der Waals surface area (Å²) >= 11 is 0. The predicted molar refractivity (Wildman–Crippen MR) is 75.4 cm³/mol. The summed E-state index contributed by atoms with van der Waals surface area (Å²) in [5.74, 6) is 1.64. The average Bonchev–Trinajstić information content (AvgIpc) is 2.96. The van der Waals surface area contributed by atoms with Crippen molar-refractivity contribution in [1.29, 1.82) is 0 Å². The van der Waals surface area contributed by atoms with Crippen LogP contribution in [-0.2, 0) is 11.8 Å². The molecule has 20 heavy (non-hydrogen) atoms. The van der Waals surface area contributed by atoms with Crippen LogP contribution in [-0.4, -0.2) is 32.4 Å². The zero-order valence-corrected chi connectivity index (χ0v) is 12.0. The van der Waals surface area contributed by atoms with Crippen molar-refractivity contribution < 1.29 is 4.74 Å². The third-order valence-electron chi connectivity index (χ3n) is 3.54. The lowest BCUT2D eigenvalue weighted by molar-refractivity contribution is 0.101. The SMILES string of the molecule is Cc1cc(N[C@H]2CCO[C@@H]2c2ccnn2C)nc(C)n1. The van der Waals surface area contributed by atoms with Crippen LogP contribution in [0.25, 0.3) is 0 Å². The minimum atomic E-state index is 0.0121. The highest BCUT2D eigenvalue weighted by molar-refractivity contribution is 5.38. The number of nitrogens with zero attached hydrogens (tertiary/aromatic N) is 4. The number of rotatable bonds is 3. The van der Waals surface area contributed by atoms with E-state index in [0.717, 1.165) is 36.1 Å². The average molecular weight is 273 g/mol. The Kier molecular flexibility index (Phi) is 3.40.